The molecule has 0 aliphatic carbocycles. The molecule has 1 heterocycles. The fraction of sp³-hybridized carbons (Fsp3) is 0.100. The Morgan fingerprint density at radius 1 is 1.28 bits per heavy atom. The summed E-state index contributed by atoms with van der Waals surface area (Å²) in [6, 6.07) is 3.90. The lowest BCUT2D eigenvalue weighted by atomic mass is 10.2. The Morgan fingerprint density at radius 2 is 1.89 bits per heavy atom. The molecule has 8 heteroatoms. The highest BCUT2D eigenvalue weighted by Crippen LogP contribution is 2.21. The van der Waals surface area contributed by atoms with Crippen LogP contribution in [0.15, 0.2) is 27.8 Å². The van der Waals surface area contributed by atoms with E-state index in [0.717, 1.165) is 4.57 Å². The van der Waals surface area contributed by atoms with E-state index in [1.165, 1.54) is 25.3 Å². The fourth-order valence-electron chi connectivity index (χ4n) is 1.54. The van der Waals surface area contributed by atoms with Crippen molar-refractivity contribution in [2.24, 2.45) is 0 Å². The van der Waals surface area contributed by atoms with Crippen molar-refractivity contribution in [3.05, 3.63) is 44.7 Å². The lowest BCUT2D eigenvalue weighted by molar-refractivity contribution is 0.0693. The number of carboxylic acid groups (broad SMARTS) is 1. The number of H-pyrrole nitrogens is 2. The normalized spacial score (nSPS) is 10.3. The number of aromatic amines is 2. The molecule has 0 atom stereocenters. The van der Waals surface area contributed by atoms with Crippen molar-refractivity contribution in [3.63, 3.8) is 0 Å². The Balaban J connectivity index is 2.65. The van der Waals surface area contributed by atoms with E-state index in [9.17, 15) is 14.4 Å². The van der Waals surface area contributed by atoms with Crippen LogP contribution >= 0.6 is 0 Å². The summed E-state index contributed by atoms with van der Waals surface area (Å²) in [7, 11) is 1.30. The van der Waals surface area contributed by atoms with Gasteiger partial charge in [0, 0.05) is 6.07 Å². The molecule has 2 aromatic rings. The Labute approximate surface area is 99.4 Å². The van der Waals surface area contributed by atoms with Gasteiger partial charge in [-0.25, -0.2) is 29.1 Å². The molecule has 0 saturated carbocycles. The molecule has 1 aromatic carbocycles. The molecule has 0 spiro atoms. The average Bonchev–Trinajstić information content (AvgIpc) is 2.68. The van der Waals surface area contributed by atoms with Crippen molar-refractivity contribution in [1.29, 1.82) is 0 Å². The van der Waals surface area contributed by atoms with E-state index >= 15 is 0 Å². The average molecular weight is 251 g/mol. The molecular weight excluding hydrogens is 242 g/mol. The van der Waals surface area contributed by atoms with Crippen molar-refractivity contribution >= 4 is 5.97 Å². The van der Waals surface area contributed by atoms with Gasteiger partial charge in [0.2, 0.25) is 0 Å². The van der Waals surface area contributed by atoms with Crippen LogP contribution in [0, 0.1) is 0 Å². The van der Waals surface area contributed by atoms with Crippen LogP contribution in [0.2, 0.25) is 0 Å². The van der Waals surface area contributed by atoms with Crippen molar-refractivity contribution in [2.45, 2.75) is 0 Å². The van der Waals surface area contributed by atoms with E-state index in [1.54, 1.807) is 0 Å². The Hall–Kier alpha value is -2.77. The van der Waals surface area contributed by atoms with Crippen LogP contribution in [0.4, 0.5) is 0 Å². The summed E-state index contributed by atoms with van der Waals surface area (Å²) in [5.41, 5.74) is -1.14. The largest absolute Gasteiger partial charge is 0.496 e. The molecule has 1 aromatic heterocycles. The molecule has 94 valence electrons. The molecule has 2 rings (SSSR count). The topological polar surface area (TPSA) is 117 Å². The minimum Gasteiger partial charge on any atom is -0.496 e. The summed E-state index contributed by atoms with van der Waals surface area (Å²) >= 11 is 0. The summed E-state index contributed by atoms with van der Waals surface area (Å²) in [6.07, 6.45) is 0. The van der Waals surface area contributed by atoms with Gasteiger partial charge < -0.3 is 9.84 Å². The maximum Gasteiger partial charge on any atom is 0.348 e. The SMILES string of the molecule is COc1cc(-n2c(=O)[nH][nH]c2=O)ccc1C(=O)O. The van der Waals surface area contributed by atoms with Crippen molar-refractivity contribution in [1.82, 2.24) is 14.8 Å². The highest BCUT2D eigenvalue weighted by Gasteiger charge is 2.14. The summed E-state index contributed by atoms with van der Waals surface area (Å²) < 4.78 is 5.73. The smallest absolute Gasteiger partial charge is 0.348 e. The van der Waals surface area contributed by atoms with Gasteiger partial charge in [0.15, 0.2) is 0 Å². The number of hydrogen-bond donors (Lipinski definition) is 3. The zero-order valence-corrected chi connectivity index (χ0v) is 9.26. The van der Waals surface area contributed by atoms with E-state index in [-0.39, 0.29) is 17.0 Å². The monoisotopic (exact) mass is 251 g/mol. The zero-order chi connectivity index (χ0) is 13.3. The molecule has 0 aliphatic rings. The quantitative estimate of drug-likeness (QED) is 0.683. The summed E-state index contributed by atoms with van der Waals surface area (Å²) in [6.45, 7) is 0. The number of nitrogens with one attached hydrogen (secondary N) is 2. The second-order valence-electron chi connectivity index (χ2n) is 3.39. The van der Waals surface area contributed by atoms with Crippen LogP contribution < -0.4 is 16.1 Å². The third-order valence-corrected chi connectivity index (χ3v) is 2.36. The highest BCUT2D eigenvalue weighted by molar-refractivity contribution is 5.91. The second kappa shape index (κ2) is 4.24. The van der Waals surface area contributed by atoms with Gasteiger partial charge in [0.05, 0.1) is 12.8 Å². The molecule has 18 heavy (non-hydrogen) atoms. The molecular formula is C10H9N3O5. The standard InChI is InChI=1S/C10H9N3O5/c1-18-7-4-5(2-3-6(7)8(14)15)13-9(16)11-12-10(13)17/h2-4H,1H3,(H,11,16)(H,12,17)(H,14,15). The number of benzene rings is 1. The Morgan fingerprint density at radius 3 is 2.39 bits per heavy atom. The number of nitrogens with zero attached hydrogens (tertiary/aromatic N) is 1. The molecule has 0 unspecified atom stereocenters. The van der Waals surface area contributed by atoms with Crippen LogP contribution in [0.1, 0.15) is 10.4 Å². The van der Waals surface area contributed by atoms with Crippen molar-refractivity contribution in [3.8, 4) is 11.4 Å². The van der Waals surface area contributed by atoms with Crippen molar-refractivity contribution in [2.75, 3.05) is 7.11 Å². The molecule has 0 radical (unpaired) electrons. The third kappa shape index (κ3) is 1.79. The van der Waals surface area contributed by atoms with Gasteiger partial charge in [-0.05, 0) is 12.1 Å². The van der Waals surface area contributed by atoms with Gasteiger partial charge in [0.1, 0.15) is 11.3 Å². The first-order valence-electron chi connectivity index (χ1n) is 4.86. The van der Waals surface area contributed by atoms with Gasteiger partial charge in [0.25, 0.3) is 0 Å². The molecule has 0 aliphatic heterocycles. The molecule has 3 N–H and O–H groups in total. The Kier molecular flexibility index (Phi) is 2.76. The molecule has 0 saturated heterocycles. The van der Waals surface area contributed by atoms with Gasteiger partial charge >= 0.3 is 17.3 Å². The number of aromatic nitrogens is 3. The van der Waals surface area contributed by atoms with E-state index < -0.39 is 17.3 Å². The molecule has 0 fully saturated rings. The predicted molar refractivity (Wildman–Crippen MR) is 60.5 cm³/mol. The minimum absolute atomic E-state index is 0.0544. The van der Waals surface area contributed by atoms with Gasteiger partial charge in [-0.15, -0.1) is 0 Å². The number of ether oxygens (including phenoxy) is 1. The molecule has 0 amide bonds. The number of carbonyl (C=O) groups is 1. The van der Waals surface area contributed by atoms with E-state index in [0.29, 0.717) is 0 Å². The van der Waals surface area contributed by atoms with Crippen molar-refractivity contribution < 1.29 is 14.6 Å². The van der Waals surface area contributed by atoms with Gasteiger partial charge in [-0.1, -0.05) is 0 Å². The number of hydrogen-bond acceptors (Lipinski definition) is 4. The minimum atomic E-state index is -1.16. The first-order chi connectivity index (χ1) is 8.54. The molecule has 8 nitrogen and oxygen atoms in total. The third-order valence-electron chi connectivity index (χ3n) is 2.36. The van der Waals surface area contributed by atoms with E-state index in [4.69, 9.17) is 9.84 Å². The van der Waals surface area contributed by atoms with Gasteiger partial charge in [-0.3, -0.25) is 0 Å². The predicted octanol–water partition coefficient (Wildman–Crippen LogP) is -0.439. The van der Waals surface area contributed by atoms with Crippen LogP contribution in [-0.2, 0) is 0 Å². The van der Waals surface area contributed by atoms with Crippen LogP contribution in [0.25, 0.3) is 5.69 Å². The van der Waals surface area contributed by atoms with Gasteiger partial charge in [-0.2, -0.15) is 0 Å². The van der Waals surface area contributed by atoms with E-state index in [1.807, 2.05) is 0 Å². The second-order valence-corrected chi connectivity index (χ2v) is 3.39. The summed E-state index contributed by atoms with van der Waals surface area (Å²) in [4.78, 5) is 33.6. The summed E-state index contributed by atoms with van der Waals surface area (Å²) in [5.74, 6) is -1.10. The zero-order valence-electron chi connectivity index (χ0n) is 9.26. The first-order valence-corrected chi connectivity index (χ1v) is 4.86. The number of methoxy groups -OCH3 is 1. The lowest BCUT2D eigenvalue weighted by Crippen LogP contribution is -2.24. The maximum atomic E-state index is 11.4. The lowest BCUT2D eigenvalue weighted by Gasteiger charge is -2.06. The maximum absolute atomic E-state index is 11.4. The number of aromatic carboxylic acids is 1. The fourth-order valence-corrected chi connectivity index (χ4v) is 1.54. The number of rotatable bonds is 3. The molecule has 0 bridgehead atoms. The van der Waals surface area contributed by atoms with Crippen LogP contribution in [0.5, 0.6) is 5.75 Å². The van der Waals surface area contributed by atoms with Crippen LogP contribution in [-0.4, -0.2) is 33.0 Å². The first kappa shape index (κ1) is 11.7. The summed E-state index contributed by atoms with van der Waals surface area (Å²) in [5, 5.41) is 13.2. The highest BCUT2D eigenvalue weighted by atomic mass is 16.5. The Bertz CT molecular complexity index is 681. The number of carboxylic acids is 1. The van der Waals surface area contributed by atoms with Crippen LogP contribution in [0.3, 0.4) is 0 Å². The van der Waals surface area contributed by atoms with E-state index in [2.05, 4.69) is 10.2 Å².